The third-order valence-corrected chi connectivity index (χ3v) is 4.79. The van der Waals surface area contributed by atoms with Crippen molar-refractivity contribution in [3.63, 3.8) is 0 Å². The normalized spacial score (nSPS) is 19.1. The first-order valence-electron chi connectivity index (χ1n) is 7.28. The Morgan fingerprint density at radius 1 is 1.19 bits per heavy atom. The molecular weight excluding hydrogens is 286 g/mol. The Bertz CT molecular complexity index is 747. The van der Waals surface area contributed by atoms with Gasteiger partial charge in [-0.15, -0.1) is 0 Å². The van der Waals surface area contributed by atoms with Crippen molar-refractivity contribution in [2.75, 3.05) is 6.54 Å². The summed E-state index contributed by atoms with van der Waals surface area (Å²) in [6.45, 7) is 1.50. The molecule has 21 heavy (non-hydrogen) atoms. The molecule has 108 valence electrons. The highest BCUT2D eigenvalue weighted by molar-refractivity contribution is 6.30. The van der Waals surface area contributed by atoms with Crippen LogP contribution in [-0.4, -0.2) is 16.5 Å². The summed E-state index contributed by atoms with van der Waals surface area (Å²) < 4.78 is 0. The van der Waals surface area contributed by atoms with Gasteiger partial charge in [0.1, 0.15) is 5.82 Å². The van der Waals surface area contributed by atoms with E-state index < -0.39 is 0 Å². The summed E-state index contributed by atoms with van der Waals surface area (Å²) in [5.74, 6) is 0.815. The molecule has 1 fully saturated rings. The van der Waals surface area contributed by atoms with Gasteiger partial charge in [-0.1, -0.05) is 23.7 Å². The van der Waals surface area contributed by atoms with Crippen LogP contribution in [-0.2, 0) is 18.4 Å². The molecule has 2 heterocycles. The smallest absolute Gasteiger partial charge is 0.255 e. The first kappa shape index (κ1) is 13.0. The molecule has 2 N–H and O–H groups in total. The van der Waals surface area contributed by atoms with Crippen LogP contribution in [0, 0.1) is 0 Å². The van der Waals surface area contributed by atoms with Gasteiger partial charge in [0.25, 0.3) is 5.56 Å². The molecule has 2 aliphatic rings. The number of benzene rings is 1. The van der Waals surface area contributed by atoms with Crippen LogP contribution in [0.1, 0.15) is 35.5 Å². The molecular formula is C16H16ClN3O. The topological polar surface area (TPSA) is 57.8 Å². The predicted octanol–water partition coefficient (Wildman–Crippen LogP) is 2.15. The molecule has 0 saturated heterocycles. The van der Waals surface area contributed by atoms with E-state index in [1.165, 1.54) is 5.56 Å². The monoisotopic (exact) mass is 301 g/mol. The highest BCUT2D eigenvalue weighted by Crippen LogP contribution is 2.52. The van der Waals surface area contributed by atoms with E-state index in [4.69, 9.17) is 16.6 Å². The van der Waals surface area contributed by atoms with Crippen molar-refractivity contribution in [1.82, 2.24) is 15.3 Å². The number of nitrogens with one attached hydrogen (secondary N) is 2. The van der Waals surface area contributed by atoms with Crippen LogP contribution < -0.4 is 10.9 Å². The lowest BCUT2D eigenvalue weighted by atomic mass is 9.94. The van der Waals surface area contributed by atoms with Gasteiger partial charge in [-0.3, -0.25) is 4.79 Å². The van der Waals surface area contributed by atoms with E-state index in [0.29, 0.717) is 6.54 Å². The molecule has 1 aliphatic carbocycles. The number of rotatable bonds is 2. The second-order valence-corrected chi connectivity index (χ2v) is 6.29. The molecule has 0 amide bonds. The molecule has 0 atom stereocenters. The Hall–Kier alpha value is -1.65. The van der Waals surface area contributed by atoms with Gasteiger partial charge in [0.2, 0.25) is 0 Å². The summed E-state index contributed by atoms with van der Waals surface area (Å²) in [5, 5.41) is 3.95. The van der Waals surface area contributed by atoms with Gasteiger partial charge in [0.15, 0.2) is 0 Å². The SMILES string of the molecule is O=c1[nH]c(C2(c3ccc(Cl)cc3)CC2)nc2c1CNCC2. The molecule has 4 nitrogen and oxygen atoms in total. The summed E-state index contributed by atoms with van der Waals surface area (Å²) in [6.07, 6.45) is 2.87. The van der Waals surface area contributed by atoms with E-state index >= 15 is 0 Å². The zero-order valence-electron chi connectivity index (χ0n) is 11.6. The highest BCUT2D eigenvalue weighted by Gasteiger charge is 2.48. The standard InChI is InChI=1S/C16H16ClN3O/c17-11-3-1-10(2-4-11)16(6-7-16)15-19-13-5-8-18-9-12(13)14(21)20-15/h1-4,18H,5-9H2,(H,19,20,21). The first-order valence-corrected chi connectivity index (χ1v) is 7.66. The van der Waals surface area contributed by atoms with Gasteiger partial charge in [0.05, 0.1) is 16.7 Å². The van der Waals surface area contributed by atoms with E-state index in [9.17, 15) is 4.79 Å². The van der Waals surface area contributed by atoms with Gasteiger partial charge in [-0.05, 0) is 30.5 Å². The number of fused-ring (bicyclic) bond motifs is 1. The van der Waals surface area contributed by atoms with Gasteiger partial charge >= 0.3 is 0 Å². The molecule has 2 aromatic rings. The van der Waals surface area contributed by atoms with Crippen LogP contribution in [0.5, 0.6) is 0 Å². The second-order valence-electron chi connectivity index (χ2n) is 5.86. The predicted molar refractivity (Wildman–Crippen MR) is 81.7 cm³/mol. The number of halogens is 1. The molecule has 5 heteroatoms. The largest absolute Gasteiger partial charge is 0.312 e. The highest BCUT2D eigenvalue weighted by atomic mass is 35.5. The fraction of sp³-hybridized carbons (Fsp3) is 0.375. The summed E-state index contributed by atoms with van der Waals surface area (Å²) in [6, 6.07) is 7.88. The van der Waals surface area contributed by atoms with Gasteiger partial charge in [-0.25, -0.2) is 4.98 Å². The lowest BCUT2D eigenvalue weighted by Crippen LogP contribution is -2.33. The second kappa shape index (κ2) is 4.68. The van der Waals surface area contributed by atoms with Crippen molar-refractivity contribution in [3.05, 3.63) is 62.3 Å². The molecule has 1 aromatic heterocycles. The summed E-state index contributed by atoms with van der Waals surface area (Å²) in [5.41, 5.74) is 2.81. The number of hydrogen-bond donors (Lipinski definition) is 2. The molecule has 0 radical (unpaired) electrons. The van der Waals surface area contributed by atoms with Crippen LogP contribution in [0.3, 0.4) is 0 Å². The van der Waals surface area contributed by atoms with Gasteiger partial charge < -0.3 is 10.3 Å². The van der Waals surface area contributed by atoms with Gasteiger partial charge in [-0.2, -0.15) is 0 Å². The van der Waals surface area contributed by atoms with Crippen molar-refractivity contribution in [2.45, 2.75) is 31.2 Å². The molecule has 0 unspecified atom stereocenters. The van der Waals surface area contributed by atoms with Crippen LogP contribution in [0.25, 0.3) is 0 Å². The van der Waals surface area contributed by atoms with E-state index in [-0.39, 0.29) is 11.0 Å². The van der Waals surface area contributed by atoms with Crippen molar-refractivity contribution in [3.8, 4) is 0 Å². The average molecular weight is 302 g/mol. The Balaban J connectivity index is 1.81. The van der Waals surface area contributed by atoms with E-state index in [2.05, 4.69) is 10.3 Å². The van der Waals surface area contributed by atoms with E-state index in [1.807, 2.05) is 24.3 Å². The van der Waals surface area contributed by atoms with Crippen molar-refractivity contribution < 1.29 is 0 Å². The molecule has 0 spiro atoms. The quantitative estimate of drug-likeness (QED) is 0.893. The number of aromatic amines is 1. The third kappa shape index (κ3) is 2.10. The van der Waals surface area contributed by atoms with E-state index in [0.717, 1.165) is 47.9 Å². The lowest BCUT2D eigenvalue weighted by molar-refractivity contribution is 0.604. The summed E-state index contributed by atoms with van der Waals surface area (Å²) in [4.78, 5) is 20.1. The zero-order chi connectivity index (χ0) is 14.4. The fourth-order valence-electron chi connectivity index (χ4n) is 3.14. The van der Waals surface area contributed by atoms with E-state index in [1.54, 1.807) is 0 Å². The minimum atomic E-state index is -0.121. The van der Waals surface area contributed by atoms with Crippen molar-refractivity contribution >= 4 is 11.6 Å². The van der Waals surface area contributed by atoms with Crippen LogP contribution in [0.4, 0.5) is 0 Å². The average Bonchev–Trinajstić information content (AvgIpc) is 3.30. The summed E-state index contributed by atoms with van der Waals surface area (Å²) in [7, 11) is 0. The maximum atomic E-state index is 12.3. The van der Waals surface area contributed by atoms with Crippen LogP contribution in [0.2, 0.25) is 5.02 Å². The molecule has 4 rings (SSSR count). The maximum absolute atomic E-state index is 12.3. The van der Waals surface area contributed by atoms with Crippen LogP contribution in [0.15, 0.2) is 29.1 Å². The lowest BCUT2D eigenvalue weighted by Gasteiger charge is -2.20. The third-order valence-electron chi connectivity index (χ3n) is 4.54. The fourth-order valence-corrected chi connectivity index (χ4v) is 3.26. The van der Waals surface area contributed by atoms with Gasteiger partial charge in [0, 0.05) is 24.5 Å². The minimum Gasteiger partial charge on any atom is -0.312 e. The number of aromatic nitrogens is 2. The van der Waals surface area contributed by atoms with Crippen LogP contribution >= 0.6 is 11.6 Å². The minimum absolute atomic E-state index is 0.00226. The Kier molecular flexibility index (Phi) is 2.91. The zero-order valence-corrected chi connectivity index (χ0v) is 12.3. The maximum Gasteiger partial charge on any atom is 0.255 e. The van der Waals surface area contributed by atoms with Crippen molar-refractivity contribution in [1.29, 1.82) is 0 Å². The van der Waals surface area contributed by atoms with Crippen molar-refractivity contribution in [2.24, 2.45) is 0 Å². The molecule has 1 aliphatic heterocycles. The summed E-state index contributed by atoms with van der Waals surface area (Å²) >= 11 is 5.97. The Labute approximate surface area is 127 Å². The Morgan fingerprint density at radius 2 is 1.95 bits per heavy atom. The molecule has 0 bridgehead atoms. The molecule has 1 aromatic carbocycles. The first-order chi connectivity index (χ1) is 10.2. The number of hydrogen-bond acceptors (Lipinski definition) is 3. The number of H-pyrrole nitrogens is 1. The number of nitrogens with zero attached hydrogens (tertiary/aromatic N) is 1. The Morgan fingerprint density at radius 3 is 2.67 bits per heavy atom. The molecule has 1 saturated carbocycles.